The Balaban J connectivity index is 2.50. The number of ether oxygens (including phenoxy) is 1. The van der Waals surface area contributed by atoms with Crippen LogP contribution < -0.4 is 10.5 Å². The maximum Gasteiger partial charge on any atom is 0.124 e. The van der Waals surface area contributed by atoms with Gasteiger partial charge in [0.25, 0.3) is 0 Å². The lowest BCUT2D eigenvalue weighted by Gasteiger charge is -2.28. The van der Waals surface area contributed by atoms with E-state index in [0.717, 1.165) is 16.9 Å². The largest absolute Gasteiger partial charge is 0.490 e. The van der Waals surface area contributed by atoms with Gasteiger partial charge in [0.15, 0.2) is 0 Å². The summed E-state index contributed by atoms with van der Waals surface area (Å²) in [6.07, 6.45) is -0.652. The highest BCUT2D eigenvalue weighted by molar-refractivity contribution is 6.31. The first-order valence-corrected chi connectivity index (χ1v) is 4.84. The van der Waals surface area contributed by atoms with Crippen molar-refractivity contribution in [2.45, 2.75) is 19.1 Å². The molecule has 0 aromatic heterocycles. The Hall–Kier alpha value is -0.770. The summed E-state index contributed by atoms with van der Waals surface area (Å²) in [4.78, 5) is 0. The second-order valence-corrected chi connectivity index (χ2v) is 3.95. The van der Waals surface area contributed by atoms with Gasteiger partial charge in [0.1, 0.15) is 18.5 Å². The van der Waals surface area contributed by atoms with Gasteiger partial charge < -0.3 is 15.6 Å². The Kier molecular flexibility index (Phi) is 2.39. The van der Waals surface area contributed by atoms with Crippen LogP contribution in [0.5, 0.6) is 5.75 Å². The quantitative estimate of drug-likeness (QED) is 0.685. The third kappa shape index (κ3) is 1.47. The monoisotopic (exact) mass is 213 g/mol. The summed E-state index contributed by atoms with van der Waals surface area (Å²) in [5, 5.41) is 10.1. The maximum absolute atomic E-state index is 9.49. The Morgan fingerprint density at radius 1 is 1.57 bits per heavy atom. The van der Waals surface area contributed by atoms with Crippen LogP contribution in [0.2, 0.25) is 5.02 Å². The van der Waals surface area contributed by atoms with Crippen LogP contribution in [0.25, 0.3) is 0 Å². The standard InChI is InChI=1S/C10H12ClNO2/c1-5-2-9-6(3-7(5)11)10(12)8(13)4-14-9/h2-3,8,10,13H,4,12H2,1H3/t8-,10+/m0/s1. The van der Waals surface area contributed by atoms with Crippen molar-refractivity contribution in [3.63, 3.8) is 0 Å². The molecule has 0 fully saturated rings. The number of rotatable bonds is 0. The van der Waals surface area contributed by atoms with E-state index in [1.807, 2.05) is 13.0 Å². The molecule has 3 nitrogen and oxygen atoms in total. The summed E-state index contributed by atoms with van der Waals surface area (Å²) < 4.78 is 5.35. The molecule has 0 aliphatic carbocycles. The molecule has 0 unspecified atom stereocenters. The van der Waals surface area contributed by atoms with E-state index in [9.17, 15) is 5.11 Å². The molecule has 4 heteroatoms. The molecule has 0 saturated heterocycles. The zero-order chi connectivity index (χ0) is 10.3. The van der Waals surface area contributed by atoms with Crippen LogP contribution in [0, 0.1) is 6.92 Å². The van der Waals surface area contributed by atoms with Crippen LogP contribution in [0.1, 0.15) is 17.2 Å². The Morgan fingerprint density at radius 3 is 3.00 bits per heavy atom. The first-order chi connectivity index (χ1) is 6.59. The predicted octanol–water partition coefficient (Wildman–Crippen LogP) is 1.40. The molecule has 76 valence electrons. The lowest BCUT2D eigenvalue weighted by atomic mass is 9.98. The molecule has 3 N–H and O–H groups in total. The number of aryl methyl sites for hydroxylation is 1. The van der Waals surface area contributed by atoms with Gasteiger partial charge in [-0.15, -0.1) is 0 Å². The molecule has 14 heavy (non-hydrogen) atoms. The molecule has 1 aromatic rings. The maximum atomic E-state index is 9.49. The Morgan fingerprint density at radius 2 is 2.29 bits per heavy atom. The van der Waals surface area contributed by atoms with E-state index in [4.69, 9.17) is 22.1 Å². The van der Waals surface area contributed by atoms with Gasteiger partial charge in [-0.3, -0.25) is 0 Å². The van der Waals surface area contributed by atoms with E-state index in [1.165, 1.54) is 0 Å². The van der Waals surface area contributed by atoms with Gasteiger partial charge in [0.2, 0.25) is 0 Å². The third-order valence-electron chi connectivity index (χ3n) is 2.47. The van der Waals surface area contributed by atoms with E-state index < -0.39 is 12.1 Å². The smallest absolute Gasteiger partial charge is 0.124 e. The van der Waals surface area contributed by atoms with Gasteiger partial charge in [0, 0.05) is 10.6 Å². The van der Waals surface area contributed by atoms with Gasteiger partial charge in [-0.1, -0.05) is 11.6 Å². The normalized spacial score (nSPS) is 25.4. The fourth-order valence-corrected chi connectivity index (χ4v) is 1.71. The SMILES string of the molecule is Cc1cc2c(cc1Cl)[C@@H](N)[C@@H](O)CO2. The van der Waals surface area contributed by atoms with Crippen molar-refractivity contribution in [2.75, 3.05) is 6.61 Å². The van der Waals surface area contributed by atoms with Crippen LogP contribution >= 0.6 is 11.6 Å². The zero-order valence-electron chi connectivity index (χ0n) is 7.83. The number of aliphatic hydroxyl groups is 1. The highest BCUT2D eigenvalue weighted by Crippen LogP contribution is 2.34. The lowest BCUT2D eigenvalue weighted by molar-refractivity contribution is 0.0678. The third-order valence-corrected chi connectivity index (χ3v) is 2.88. The van der Waals surface area contributed by atoms with Crippen LogP contribution in [0.4, 0.5) is 0 Å². The number of hydrogen-bond acceptors (Lipinski definition) is 3. The molecular weight excluding hydrogens is 202 g/mol. The van der Waals surface area contributed by atoms with Gasteiger partial charge in [-0.2, -0.15) is 0 Å². The molecule has 2 atom stereocenters. The molecule has 1 aliphatic heterocycles. The van der Waals surface area contributed by atoms with E-state index in [0.29, 0.717) is 5.02 Å². The van der Waals surface area contributed by atoms with Crippen molar-refractivity contribution in [2.24, 2.45) is 5.73 Å². The summed E-state index contributed by atoms with van der Waals surface area (Å²) in [5.41, 5.74) is 7.55. The summed E-state index contributed by atoms with van der Waals surface area (Å²) in [6, 6.07) is 3.21. The van der Waals surface area contributed by atoms with Crippen LogP contribution in [-0.4, -0.2) is 17.8 Å². The van der Waals surface area contributed by atoms with Crippen LogP contribution in [0.3, 0.4) is 0 Å². The molecule has 0 radical (unpaired) electrons. The summed E-state index contributed by atoms with van der Waals surface area (Å²) in [6.45, 7) is 2.15. The van der Waals surface area contributed by atoms with Crippen molar-refractivity contribution in [1.29, 1.82) is 0 Å². The zero-order valence-corrected chi connectivity index (χ0v) is 8.58. The molecule has 1 heterocycles. The molecule has 0 spiro atoms. The van der Waals surface area contributed by atoms with Crippen molar-refractivity contribution in [1.82, 2.24) is 0 Å². The lowest BCUT2D eigenvalue weighted by Crippen LogP contribution is -2.35. The number of benzene rings is 1. The van der Waals surface area contributed by atoms with Gasteiger partial charge in [-0.05, 0) is 24.6 Å². The van der Waals surface area contributed by atoms with Crippen molar-refractivity contribution < 1.29 is 9.84 Å². The Labute approximate surface area is 87.4 Å². The number of aliphatic hydroxyl groups excluding tert-OH is 1. The molecule has 1 aliphatic rings. The molecule has 0 bridgehead atoms. The second-order valence-electron chi connectivity index (χ2n) is 3.54. The Bertz CT molecular complexity index is 367. The summed E-state index contributed by atoms with van der Waals surface area (Å²) >= 11 is 5.97. The van der Waals surface area contributed by atoms with Crippen molar-refractivity contribution >= 4 is 11.6 Å². The topological polar surface area (TPSA) is 55.5 Å². The highest BCUT2D eigenvalue weighted by Gasteiger charge is 2.26. The fraction of sp³-hybridized carbons (Fsp3) is 0.400. The molecule has 2 rings (SSSR count). The number of hydrogen-bond donors (Lipinski definition) is 2. The van der Waals surface area contributed by atoms with E-state index in [1.54, 1.807) is 6.07 Å². The molecule has 0 saturated carbocycles. The molecule has 1 aromatic carbocycles. The van der Waals surface area contributed by atoms with Gasteiger partial charge >= 0.3 is 0 Å². The minimum atomic E-state index is -0.652. The minimum absolute atomic E-state index is 0.245. The first-order valence-electron chi connectivity index (χ1n) is 4.46. The van der Waals surface area contributed by atoms with E-state index in [-0.39, 0.29) is 6.61 Å². The van der Waals surface area contributed by atoms with E-state index >= 15 is 0 Å². The van der Waals surface area contributed by atoms with Crippen molar-refractivity contribution in [3.05, 3.63) is 28.3 Å². The summed E-state index contributed by atoms with van der Waals surface area (Å²) in [7, 11) is 0. The van der Waals surface area contributed by atoms with Gasteiger partial charge in [0.05, 0.1) is 6.04 Å². The number of nitrogens with two attached hydrogens (primary N) is 1. The average molecular weight is 214 g/mol. The highest BCUT2D eigenvalue weighted by atomic mass is 35.5. The molecule has 0 amide bonds. The number of fused-ring (bicyclic) bond motifs is 1. The molecular formula is C10H12ClNO2. The summed E-state index contributed by atoms with van der Waals surface area (Å²) in [5.74, 6) is 0.727. The van der Waals surface area contributed by atoms with Gasteiger partial charge in [-0.25, -0.2) is 0 Å². The average Bonchev–Trinajstić information content (AvgIpc) is 2.15. The van der Waals surface area contributed by atoms with Crippen LogP contribution in [-0.2, 0) is 0 Å². The fourth-order valence-electron chi connectivity index (χ4n) is 1.54. The van der Waals surface area contributed by atoms with Crippen LogP contribution in [0.15, 0.2) is 12.1 Å². The second kappa shape index (κ2) is 3.42. The predicted molar refractivity (Wildman–Crippen MR) is 54.6 cm³/mol. The number of halogens is 1. The first kappa shape index (κ1) is 9.77. The van der Waals surface area contributed by atoms with Crippen molar-refractivity contribution in [3.8, 4) is 5.75 Å². The van der Waals surface area contributed by atoms with E-state index in [2.05, 4.69) is 0 Å². The minimum Gasteiger partial charge on any atom is -0.490 e.